The summed E-state index contributed by atoms with van der Waals surface area (Å²) >= 11 is 1.72. The summed E-state index contributed by atoms with van der Waals surface area (Å²) in [5.74, 6) is -0.420. The van der Waals surface area contributed by atoms with E-state index >= 15 is 0 Å². The number of fused-ring (bicyclic) bond motifs is 2. The summed E-state index contributed by atoms with van der Waals surface area (Å²) < 4.78 is 30.5. The van der Waals surface area contributed by atoms with Gasteiger partial charge in [-0.05, 0) is 63.5 Å². The topological polar surface area (TPSA) is 65.1 Å². The number of nitrogens with zero attached hydrogens (tertiary/aromatic N) is 1. The zero-order chi connectivity index (χ0) is 23.6. The van der Waals surface area contributed by atoms with Gasteiger partial charge in [-0.25, -0.2) is 0 Å². The average Bonchev–Trinajstić information content (AvgIpc) is 2.66. The van der Waals surface area contributed by atoms with E-state index in [0.717, 1.165) is 21.2 Å². The largest absolute Gasteiger partial charge is 0.453 e. The fourth-order valence-electron chi connectivity index (χ4n) is 3.35. The molecule has 6 nitrogen and oxygen atoms in total. The average molecular weight is 510 g/mol. The van der Waals surface area contributed by atoms with Crippen LogP contribution in [0.15, 0.2) is 58.3 Å². The third-order valence-corrected chi connectivity index (χ3v) is 12.5. The van der Waals surface area contributed by atoms with Gasteiger partial charge in [-0.15, -0.1) is 0 Å². The first-order valence-corrected chi connectivity index (χ1v) is 20.0. The number of hydrogen-bond acceptors (Lipinski definition) is 7. The van der Waals surface area contributed by atoms with Crippen LogP contribution in [-0.4, -0.2) is 35.5 Å². The van der Waals surface area contributed by atoms with Gasteiger partial charge in [-0.1, -0.05) is 36.0 Å². The van der Waals surface area contributed by atoms with E-state index in [1.54, 1.807) is 11.8 Å². The molecule has 0 saturated heterocycles. The minimum atomic E-state index is -3.52. The van der Waals surface area contributed by atoms with Gasteiger partial charge in [-0.2, -0.15) is 0 Å². The SMILES string of the molecule is C[Si](C)(C)OP(=O)(COC(=O)CCN1c2ccccc2Sc2ccccc21)O[Si](C)(C)C. The van der Waals surface area contributed by atoms with Crippen molar-refractivity contribution < 1.29 is 22.5 Å². The molecule has 0 radical (unpaired) electrons. The summed E-state index contributed by atoms with van der Waals surface area (Å²) in [6.45, 7) is 12.1. The van der Waals surface area contributed by atoms with E-state index in [4.69, 9.17) is 13.2 Å². The number of anilines is 2. The van der Waals surface area contributed by atoms with Crippen molar-refractivity contribution in [3.05, 3.63) is 48.5 Å². The van der Waals surface area contributed by atoms with Crippen LogP contribution in [0.1, 0.15) is 6.42 Å². The molecule has 0 unspecified atom stereocenters. The van der Waals surface area contributed by atoms with Crippen LogP contribution in [0.5, 0.6) is 0 Å². The maximum atomic E-state index is 13.3. The maximum Gasteiger partial charge on any atom is 0.348 e. The van der Waals surface area contributed by atoms with E-state index in [-0.39, 0.29) is 12.8 Å². The highest BCUT2D eigenvalue weighted by molar-refractivity contribution is 7.99. The Kier molecular flexibility index (Phi) is 7.79. The molecule has 1 aliphatic rings. The third-order valence-electron chi connectivity index (χ3n) is 4.28. The molecule has 10 heteroatoms. The second-order valence-corrected chi connectivity index (χ2v) is 22.1. The third kappa shape index (κ3) is 7.07. The monoisotopic (exact) mass is 509 g/mol. The van der Waals surface area contributed by atoms with Gasteiger partial charge in [0, 0.05) is 16.3 Å². The predicted octanol–water partition coefficient (Wildman–Crippen LogP) is 7.08. The molecule has 174 valence electrons. The van der Waals surface area contributed by atoms with Gasteiger partial charge in [0.1, 0.15) is 0 Å². The Bertz CT molecular complexity index is 956. The zero-order valence-electron chi connectivity index (χ0n) is 19.6. The van der Waals surface area contributed by atoms with Gasteiger partial charge in [-0.3, -0.25) is 9.36 Å². The first-order chi connectivity index (χ1) is 14.9. The lowest BCUT2D eigenvalue weighted by atomic mass is 10.2. The summed E-state index contributed by atoms with van der Waals surface area (Å²) in [7, 11) is -7.83. The van der Waals surface area contributed by atoms with E-state index < -0.39 is 30.2 Å². The van der Waals surface area contributed by atoms with E-state index in [0.29, 0.717) is 6.54 Å². The lowest BCUT2D eigenvalue weighted by Crippen LogP contribution is -2.31. The second-order valence-electron chi connectivity index (χ2n) is 9.60. The number of benzene rings is 2. The number of carbonyl (C=O) groups is 1. The summed E-state index contributed by atoms with van der Waals surface area (Å²) in [4.78, 5) is 17.1. The molecule has 2 aromatic carbocycles. The van der Waals surface area contributed by atoms with Crippen molar-refractivity contribution in [2.75, 3.05) is 17.8 Å². The van der Waals surface area contributed by atoms with Crippen LogP contribution in [-0.2, 0) is 22.5 Å². The molecule has 0 N–H and O–H groups in total. The number of hydrogen-bond donors (Lipinski definition) is 0. The zero-order valence-corrected chi connectivity index (χ0v) is 23.3. The van der Waals surface area contributed by atoms with E-state index in [1.165, 1.54) is 0 Å². The quantitative estimate of drug-likeness (QED) is 0.203. The van der Waals surface area contributed by atoms with Gasteiger partial charge in [0.2, 0.25) is 0 Å². The molecule has 0 fully saturated rings. The number of ether oxygens (including phenoxy) is 1. The highest BCUT2D eigenvalue weighted by Gasteiger charge is 2.38. The Morgan fingerprint density at radius 1 is 0.875 bits per heavy atom. The van der Waals surface area contributed by atoms with Crippen LogP contribution in [0.4, 0.5) is 11.4 Å². The van der Waals surface area contributed by atoms with Crippen LogP contribution >= 0.6 is 19.4 Å². The van der Waals surface area contributed by atoms with E-state index in [9.17, 15) is 9.36 Å². The molecule has 0 aromatic heterocycles. The fourth-order valence-corrected chi connectivity index (χ4v) is 12.3. The molecule has 1 heterocycles. The summed E-state index contributed by atoms with van der Waals surface area (Å²) in [6.07, 6.45) is -0.184. The molecule has 0 amide bonds. The molecule has 32 heavy (non-hydrogen) atoms. The Morgan fingerprint density at radius 2 is 1.34 bits per heavy atom. The Morgan fingerprint density at radius 3 is 1.81 bits per heavy atom. The number of rotatable bonds is 9. The summed E-state index contributed by atoms with van der Waals surface area (Å²) in [5.41, 5.74) is 2.14. The predicted molar refractivity (Wildman–Crippen MR) is 136 cm³/mol. The van der Waals surface area contributed by atoms with Gasteiger partial charge in [0.05, 0.1) is 17.8 Å². The highest BCUT2D eigenvalue weighted by atomic mass is 32.2. The smallest absolute Gasteiger partial charge is 0.348 e. The molecule has 0 spiro atoms. The minimum Gasteiger partial charge on any atom is -0.453 e. The molecular formula is C22H32NO5PSSi2. The Balaban J connectivity index is 1.68. The Labute approximate surface area is 197 Å². The van der Waals surface area contributed by atoms with Crippen molar-refractivity contribution >= 4 is 53.3 Å². The first-order valence-electron chi connectivity index (χ1n) is 10.6. The highest BCUT2D eigenvalue weighted by Crippen LogP contribution is 2.53. The van der Waals surface area contributed by atoms with Crippen molar-refractivity contribution in [3.63, 3.8) is 0 Å². The lowest BCUT2D eigenvalue weighted by molar-refractivity contribution is -0.141. The first kappa shape index (κ1) is 25.3. The number of para-hydroxylation sites is 2. The van der Waals surface area contributed by atoms with Crippen LogP contribution in [0.25, 0.3) is 0 Å². The molecular weight excluding hydrogens is 477 g/mol. The lowest BCUT2D eigenvalue weighted by Gasteiger charge is -2.32. The van der Waals surface area contributed by atoms with E-state index in [2.05, 4.69) is 29.2 Å². The van der Waals surface area contributed by atoms with Gasteiger partial charge < -0.3 is 18.1 Å². The molecule has 0 aliphatic carbocycles. The number of esters is 1. The molecule has 2 aromatic rings. The van der Waals surface area contributed by atoms with Crippen molar-refractivity contribution in [1.29, 1.82) is 0 Å². The van der Waals surface area contributed by atoms with Crippen molar-refractivity contribution in [2.24, 2.45) is 0 Å². The fraction of sp³-hybridized carbons (Fsp3) is 0.409. The normalized spacial score (nSPS) is 14.0. The van der Waals surface area contributed by atoms with Crippen LogP contribution in [0, 0.1) is 0 Å². The van der Waals surface area contributed by atoms with Gasteiger partial charge >= 0.3 is 13.6 Å². The summed E-state index contributed by atoms with van der Waals surface area (Å²) in [6, 6.07) is 16.3. The maximum absolute atomic E-state index is 13.3. The van der Waals surface area contributed by atoms with Crippen molar-refractivity contribution in [3.8, 4) is 0 Å². The Hall–Kier alpha value is -1.36. The molecule has 3 rings (SSSR count). The molecule has 1 aliphatic heterocycles. The molecule has 0 atom stereocenters. The summed E-state index contributed by atoms with van der Waals surface area (Å²) in [5, 5.41) is 0. The van der Waals surface area contributed by atoms with Gasteiger partial charge in [0.25, 0.3) is 0 Å². The molecule has 0 bridgehead atoms. The van der Waals surface area contributed by atoms with Crippen LogP contribution < -0.4 is 4.90 Å². The van der Waals surface area contributed by atoms with E-state index in [1.807, 2.05) is 63.5 Å². The molecule has 0 saturated carbocycles. The van der Waals surface area contributed by atoms with Crippen LogP contribution in [0.2, 0.25) is 39.3 Å². The van der Waals surface area contributed by atoms with Gasteiger partial charge in [0.15, 0.2) is 23.0 Å². The number of carbonyl (C=O) groups excluding carboxylic acids is 1. The second kappa shape index (κ2) is 9.87. The standard InChI is InChI=1S/C22H32NO5PSSi2/c1-31(2,3)27-29(25,28-32(4,5)6)17-26-22(24)15-16-23-18-11-7-9-13-20(18)30-21-14-10-8-12-19(21)23/h7-14H,15-17H2,1-6H3. The minimum absolute atomic E-state index is 0.160. The van der Waals surface area contributed by atoms with Crippen molar-refractivity contribution in [1.82, 2.24) is 0 Å². The van der Waals surface area contributed by atoms with Crippen molar-refractivity contribution in [2.45, 2.75) is 55.5 Å². The van der Waals surface area contributed by atoms with Crippen LogP contribution in [0.3, 0.4) is 0 Å².